The smallest absolute Gasteiger partial charge is 0.250 e. The number of sulfone groups is 1. The molecule has 23 heavy (non-hydrogen) atoms. The fourth-order valence-electron chi connectivity index (χ4n) is 3.11. The van der Waals surface area contributed by atoms with E-state index in [1.165, 1.54) is 6.42 Å². The molecule has 126 valence electrons. The first kappa shape index (κ1) is 16.1. The third-order valence-corrected chi connectivity index (χ3v) is 5.75. The van der Waals surface area contributed by atoms with Gasteiger partial charge in [-0.3, -0.25) is 9.25 Å². The largest absolute Gasteiger partial charge is 0.299 e. The Morgan fingerprint density at radius 3 is 2.61 bits per heavy atom. The molecule has 2 heterocycles. The molecule has 2 aromatic heterocycles. The molecule has 0 atom stereocenters. The van der Waals surface area contributed by atoms with Crippen LogP contribution in [0.1, 0.15) is 56.7 Å². The number of rotatable bonds is 5. The van der Waals surface area contributed by atoms with E-state index in [2.05, 4.69) is 20.3 Å². The zero-order valence-corrected chi connectivity index (χ0v) is 14.3. The zero-order chi connectivity index (χ0) is 16.4. The first-order valence-corrected chi connectivity index (χ1v) is 9.69. The molecule has 1 fully saturated rings. The van der Waals surface area contributed by atoms with Crippen LogP contribution >= 0.6 is 0 Å². The standard InChI is InChI=1S/C14H22N6O2S/c1-3-19-10-15-13(18-19)9-23(21,22)14-17-16-11(2)20(14)12-7-5-4-6-8-12/h10,12H,3-9H2,1-2H3. The maximum Gasteiger partial charge on any atom is 0.250 e. The van der Waals surface area contributed by atoms with E-state index in [1.54, 1.807) is 15.6 Å². The van der Waals surface area contributed by atoms with E-state index < -0.39 is 9.84 Å². The third kappa shape index (κ3) is 3.29. The molecule has 9 heteroatoms. The number of hydrogen-bond donors (Lipinski definition) is 0. The Hall–Kier alpha value is -1.77. The fourth-order valence-corrected chi connectivity index (χ4v) is 4.46. The maximum atomic E-state index is 12.8. The summed E-state index contributed by atoms with van der Waals surface area (Å²) in [5.41, 5.74) is 0. The first-order valence-electron chi connectivity index (χ1n) is 8.04. The molecule has 1 saturated carbocycles. The molecule has 0 radical (unpaired) electrons. The average molecular weight is 338 g/mol. The first-order chi connectivity index (χ1) is 11.0. The highest BCUT2D eigenvalue weighted by molar-refractivity contribution is 7.90. The SMILES string of the molecule is CCn1cnc(CS(=O)(=O)c2nnc(C)n2C2CCCCC2)n1. The van der Waals surface area contributed by atoms with Crippen molar-refractivity contribution >= 4 is 9.84 Å². The van der Waals surface area contributed by atoms with Gasteiger partial charge in [-0.15, -0.1) is 10.2 Å². The van der Waals surface area contributed by atoms with Gasteiger partial charge in [0.05, 0.1) is 0 Å². The van der Waals surface area contributed by atoms with Crippen molar-refractivity contribution in [3.63, 3.8) is 0 Å². The zero-order valence-electron chi connectivity index (χ0n) is 13.5. The summed E-state index contributed by atoms with van der Waals surface area (Å²) in [6.45, 7) is 4.39. The molecule has 0 unspecified atom stereocenters. The Bertz CT molecular complexity index is 773. The van der Waals surface area contributed by atoms with E-state index in [0.717, 1.165) is 25.7 Å². The molecule has 1 aliphatic carbocycles. The van der Waals surface area contributed by atoms with Crippen molar-refractivity contribution in [1.29, 1.82) is 0 Å². The van der Waals surface area contributed by atoms with Crippen molar-refractivity contribution in [3.05, 3.63) is 18.0 Å². The summed E-state index contributed by atoms with van der Waals surface area (Å²) in [7, 11) is -3.62. The van der Waals surface area contributed by atoms with E-state index >= 15 is 0 Å². The van der Waals surface area contributed by atoms with Crippen LogP contribution in [0, 0.1) is 6.92 Å². The molecule has 1 aliphatic rings. The van der Waals surface area contributed by atoms with E-state index in [-0.39, 0.29) is 17.0 Å². The maximum absolute atomic E-state index is 12.8. The van der Waals surface area contributed by atoms with E-state index in [4.69, 9.17) is 0 Å². The third-order valence-electron chi connectivity index (χ3n) is 4.28. The molecular formula is C14H22N6O2S. The lowest BCUT2D eigenvalue weighted by Crippen LogP contribution is -2.20. The topological polar surface area (TPSA) is 95.6 Å². The van der Waals surface area contributed by atoms with Crippen LogP contribution in [0.4, 0.5) is 0 Å². The summed E-state index contributed by atoms with van der Waals surface area (Å²) in [6.07, 6.45) is 6.93. The fraction of sp³-hybridized carbons (Fsp3) is 0.714. The van der Waals surface area contributed by atoms with Crippen LogP contribution < -0.4 is 0 Å². The lowest BCUT2D eigenvalue weighted by atomic mass is 9.95. The van der Waals surface area contributed by atoms with Gasteiger partial charge >= 0.3 is 0 Å². The van der Waals surface area contributed by atoms with Crippen molar-refractivity contribution in [1.82, 2.24) is 29.5 Å². The van der Waals surface area contributed by atoms with Gasteiger partial charge in [0.1, 0.15) is 17.9 Å². The predicted molar refractivity (Wildman–Crippen MR) is 83.5 cm³/mol. The molecule has 0 amide bonds. The van der Waals surface area contributed by atoms with Crippen LogP contribution in [-0.2, 0) is 22.1 Å². The van der Waals surface area contributed by atoms with E-state index in [9.17, 15) is 8.42 Å². The van der Waals surface area contributed by atoms with Gasteiger partial charge in [-0.1, -0.05) is 19.3 Å². The Morgan fingerprint density at radius 1 is 1.22 bits per heavy atom. The summed E-state index contributed by atoms with van der Waals surface area (Å²) >= 11 is 0. The lowest BCUT2D eigenvalue weighted by molar-refractivity contribution is 0.329. The number of nitrogens with zero attached hydrogens (tertiary/aromatic N) is 6. The normalized spacial score (nSPS) is 16.8. The Morgan fingerprint density at radius 2 is 1.96 bits per heavy atom. The monoisotopic (exact) mass is 338 g/mol. The second-order valence-electron chi connectivity index (χ2n) is 5.97. The van der Waals surface area contributed by atoms with Gasteiger partial charge in [-0.05, 0) is 26.7 Å². The van der Waals surface area contributed by atoms with Crippen LogP contribution in [0.5, 0.6) is 0 Å². The Balaban J connectivity index is 1.90. The second kappa shape index (κ2) is 6.38. The molecule has 0 bridgehead atoms. The van der Waals surface area contributed by atoms with Gasteiger partial charge in [0.25, 0.3) is 0 Å². The molecular weight excluding hydrogens is 316 g/mol. The summed E-state index contributed by atoms with van der Waals surface area (Å²) in [5.74, 6) is 0.704. The lowest BCUT2D eigenvalue weighted by Gasteiger charge is -2.24. The quantitative estimate of drug-likeness (QED) is 0.823. The highest BCUT2D eigenvalue weighted by Gasteiger charge is 2.29. The molecule has 0 aliphatic heterocycles. The van der Waals surface area contributed by atoms with Gasteiger partial charge in [0.15, 0.2) is 5.82 Å². The van der Waals surface area contributed by atoms with Gasteiger partial charge in [0.2, 0.25) is 15.0 Å². The minimum Gasteiger partial charge on any atom is -0.299 e. The van der Waals surface area contributed by atoms with Gasteiger partial charge < -0.3 is 0 Å². The summed E-state index contributed by atoms with van der Waals surface area (Å²) < 4.78 is 28.9. The molecule has 3 rings (SSSR count). The molecule has 0 saturated heterocycles. The predicted octanol–water partition coefficient (Wildman–Crippen LogP) is 1.68. The molecule has 2 aromatic rings. The van der Waals surface area contributed by atoms with E-state index in [1.807, 2.05) is 13.8 Å². The van der Waals surface area contributed by atoms with Gasteiger partial charge in [0, 0.05) is 12.6 Å². The van der Waals surface area contributed by atoms with Crippen molar-refractivity contribution in [2.45, 2.75) is 69.4 Å². The summed E-state index contributed by atoms with van der Waals surface area (Å²) in [5, 5.41) is 12.2. The summed E-state index contributed by atoms with van der Waals surface area (Å²) in [4.78, 5) is 4.06. The second-order valence-corrected chi connectivity index (χ2v) is 7.85. The molecule has 0 aromatic carbocycles. The van der Waals surface area contributed by atoms with Gasteiger partial charge in [-0.25, -0.2) is 13.4 Å². The number of aromatic nitrogens is 6. The van der Waals surface area contributed by atoms with Crippen LogP contribution in [-0.4, -0.2) is 37.9 Å². The Kier molecular flexibility index (Phi) is 4.47. The summed E-state index contributed by atoms with van der Waals surface area (Å²) in [6, 6.07) is 0.171. The minimum atomic E-state index is -3.62. The van der Waals surface area contributed by atoms with Crippen LogP contribution in [0.25, 0.3) is 0 Å². The highest BCUT2D eigenvalue weighted by Crippen LogP contribution is 2.31. The average Bonchev–Trinajstić information content (AvgIpc) is 3.14. The van der Waals surface area contributed by atoms with Crippen molar-refractivity contribution in [3.8, 4) is 0 Å². The van der Waals surface area contributed by atoms with Crippen LogP contribution in [0.2, 0.25) is 0 Å². The minimum absolute atomic E-state index is 0.0507. The highest BCUT2D eigenvalue weighted by atomic mass is 32.2. The van der Waals surface area contributed by atoms with Crippen LogP contribution in [0.15, 0.2) is 11.5 Å². The molecule has 0 spiro atoms. The van der Waals surface area contributed by atoms with Crippen LogP contribution in [0.3, 0.4) is 0 Å². The van der Waals surface area contributed by atoms with Crippen molar-refractivity contribution in [2.75, 3.05) is 0 Å². The number of aryl methyl sites for hydroxylation is 2. The molecule has 8 nitrogen and oxygen atoms in total. The van der Waals surface area contributed by atoms with E-state index in [0.29, 0.717) is 18.2 Å². The van der Waals surface area contributed by atoms with Crippen molar-refractivity contribution in [2.24, 2.45) is 0 Å². The number of hydrogen-bond acceptors (Lipinski definition) is 6. The molecule has 0 N–H and O–H groups in total. The Labute approximate surface area is 135 Å². The van der Waals surface area contributed by atoms with Crippen molar-refractivity contribution < 1.29 is 8.42 Å². The van der Waals surface area contributed by atoms with Gasteiger partial charge in [-0.2, -0.15) is 5.10 Å².